The minimum Gasteiger partial charge on any atom is -0.506 e. The third kappa shape index (κ3) is 4.36. The van der Waals surface area contributed by atoms with Gasteiger partial charge in [-0.1, -0.05) is 19.1 Å². The maximum Gasteiger partial charge on any atom is 0.234 e. The van der Waals surface area contributed by atoms with E-state index in [2.05, 4.69) is 22.0 Å². The van der Waals surface area contributed by atoms with E-state index in [1.165, 1.54) is 0 Å². The average Bonchev–Trinajstić information content (AvgIpc) is 2.48. The fourth-order valence-electron chi connectivity index (χ4n) is 2.50. The maximum atomic E-state index is 11.9. The first-order valence-electron chi connectivity index (χ1n) is 7.64. The van der Waals surface area contributed by atoms with Gasteiger partial charge in [0.25, 0.3) is 0 Å². The molecule has 1 aliphatic rings. The Kier molecular flexibility index (Phi) is 5.44. The third-order valence-electron chi connectivity index (χ3n) is 3.98. The molecule has 1 atom stereocenters. The molecule has 116 valence electrons. The third-order valence-corrected chi connectivity index (χ3v) is 3.98. The van der Waals surface area contributed by atoms with Gasteiger partial charge >= 0.3 is 0 Å². The number of hydrogen-bond donors (Lipinski definition) is 2. The lowest BCUT2D eigenvalue weighted by molar-refractivity contribution is -0.122. The van der Waals surface area contributed by atoms with Crippen LogP contribution in [0.3, 0.4) is 0 Å². The molecule has 1 aromatic rings. The van der Waals surface area contributed by atoms with Crippen LogP contribution in [0, 0.1) is 0 Å². The van der Waals surface area contributed by atoms with Gasteiger partial charge in [-0.15, -0.1) is 0 Å². The number of benzene rings is 1. The highest BCUT2D eigenvalue weighted by Crippen LogP contribution is 2.27. The first kappa shape index (κ1) is 15.6. The van der Waals surface area contributed by atoms with Gasteiger partial charge in [0.15, 0.2) is 0 Å². The van der Waals surface area contributed by atoms with Gasteiger partial charge in [0.2, 0.25) is 5.91 Å². The number of hydrogen-bond acceptors (Lipinski definition) is 4. The molecule has 21 heavy (non-hydrogen) atoms. The highest BCUT2D eigenvalue weighted by Gasteiger charge is 2.20. The molecular formula is C16H25N3O2. The zero-order valence-corrected chi connectivity index (χ0v) is 12.9. The van der Waals surface area contributed by atoms with Crippen LogP contribution in [0.2, 0.25) is 0 Å². The van der Waals surface area contributed by atoms with Gasteiger partial charge in [0.05, 0.1) is 12.2 Å². The normalized spacial score (nSPS) is 17.5. The SMILES string of the molecule is CC[C@@H](C)NC(=O)CN1CCN(c2ccccc2O)CC1. The van der Waals surface area contributed by atoms with E-state index in [4.69, 9.17) is 0 Å². The lowest BCUT2D eigenvalue weighted by Gasteiger charge is -2.36. The Labute approximate surface area is 126 Å². The Morgan fingerprint density at radius 1 is 1.29 bits per heavy atom. The summed E-state index contributed by atoms with van der Waals surface area (Å²) in [4.78, 5) is 16.2. The van der Waals surface area contributed by atoms with Gasteiger partial charge in [-0.3, -0.25) is 9.69 Å². The first-order chi connectivity index (χ1) is 10.1. The van der Waals surface area contributed by atoms with Gasteiger partial charge in [0, 0.05) is 32.2 Å². The van der Waals surface area contributed by atoms with Crippen LogP contribution < -0.4 is 10.2 Å². The topological polar surface area (TPSA) is 55.8 Å². The highest BCUT2D eigenvalue weighted by atomic mass is 16.3. The van der Waals surface area contributed by atoms with Crippen molar-refractivity contribution in [2.75, 3.05) is 37.6 Å². The first-order valence-corrected chi connectivity index (χ1v) is 7.64. The van der Waals surface area contributed by atoms with Gasteiger partial charge in [0.1, 0.15) is 5.75 Å². The highest BCUT2D eigenvalue weighted by molar-refractivity contribution is 5.78. The van der Waals surface area contributed by atoms with Crippen LogP contribution in [-0.4, -0.2) is 54.7 Å². The second-order valence-corrected chi connectivity index (χ2v) is 5.63. The van der Waals surface area contributed by atoms with Crippen molar-refractivity contribution in [1.82, 2.24) is 10.2 Å². The van der Waals surface area contributed by atoms with E-state index in [0.29, 0.717) is 12.3 Å². The van der Waals surface area contributed by atoms with Crippen LogP contribution in [0.1, 0.15) is 20.3 Å². The lowest BCUT2D eigenvalue weighted by Crippen LogP contribution is -2.50. The number of piperazine rings is 1. The second-order valence-electron chi connectivity index (χ2n) is 5.63. The van der Waals surface area contributed by atoms with Crippen molar-refractivity contribution in [2.24, 2.45) is 0 Å². The molecule has 1 amide bonds. The quantitative estimate of drug-likeness (QED) is 0.862. The summed E-state index contributed by atoms with van der Waals surface area (Å²) < 4.78 is 0. The fraction of sp³-hybridized carbons (Fsp3) is 0.562. The Morgan fingerprint density at radius 3 is 2.57 bits per heavy atom. The minimum atomic E-state index is 0.0976. The van der Waals surface area contributed by atoms with Gasteiger partial charge in [-0.05, 0) is 25.5 Å². The summed E-state index contributed by atoms with van der Waals surface area (Å²) in [5.41, 5.74) is 0.876. The van der Waals surface area contributed by atoms with Crippen LogP contribution >= 0.6 is 0 Å². The molecule has 2 rings (SSSR count). The molecule has 1 aliphatic heterocycles. The number of carbonyl (C=O) groups excluding carboxylic acids is 1. The lowest BCUT2D eigenvalue weighted by atomic mass is 10.2. The van der Waals surface area contributed by atoms with Crippen LogP contribution in [0.5, 0.6) is 5.75 Å². The van der Waals surface area contributed by atoms with E-state index in [1.807, 2.05) is 25.1 Å². The van der Waals surface area contributed by atoms with E-state index in [-0.39, 0.29) is 11.9 Å². The molecule has 5 heteroatoms. The largest absolute Gasteiger partial charge is 0.506 e. The van der Waals surface area contributed by atoms with Crippen molar-refractivity contribution >= 4 is 11.6 Å². The minimum absolute atomic E-state index is 0.0976. The summed E-state index contributed by atoms with van der Waals surface area (Å²) in [5.74, 6) is 0.417. The summed E-state index contributed by atoms with van der Waals surface area (Å²) in [6.45, 7) is 7.87. The molecule has 1 fully saturated rings. The summed E-state index contributed by atoms with van der Waals surface area (Å²) in [6, 6.07) is 7.64. The monoisotopic (exact) mass is 291 g/mol. The summed E-state index contributed by atoms with van der Waals surface area (Å²) in [5, 5.41) is 12.9. The number of nitrogens with one attached hydrogen (secondary N) is 1. The Bertz CT molecular complexity index is 470. The number of aromatic hydroxyl groups is 1. The number of rotatable bonds is 5. The van der Waals surface area contributed by atoms with Crippen molar-refractivity contribution < 1.29 is 9.90 Å². The molecule has 2 N–H and O–H groups in total. The fourth-order valence-corrected chi connectivity index (χ4v) is 2.50. The molecular weight excluding hydrogens is 266 g/mol. The molecule has 1 saturated heterocycles. The molecule has 0 aliphatic carbocycles. The summed E-state index contributed by atoms with van der Waals surface area (Å²) >= 11 is 0. The average molecular weight is 291 g/mol. The number of amides is 1. The Hall–Kier alpha value is -1.75. The van der Waals surface area contributed by atoms with Crippen LogP contribution in [0.15, 0.2) is 24.3 Å². The van der Waals surface area contributed by atoms with E-state index in [0.717, 1.165) is 38.3 Å². The van der Waals surface area contributed by atoms with Gasteiger partial charge in [-0.25, -0.2) is 0 Å². The standard InChI is InChI=1S/C16H25N3O2/c1-3-13(2)17-16(21)12-18-8-10-19(11-9-18)14-6-4-5-7-15(14)20/h4-7,13,20H,3,8-12H2,1-2H3,(H,17,21)/t13-/m1/s1. The summed E-state index contributed by atoms with van der Waals surface area (Å²) in [7, 11) is 0. The van der Waals surface area contributed by atoms with Gasteiger partial charge in [-0.2, -0.15) is 0 Å². The van der Waals surface area contributed by atoms with Crippen molar-refractivity contribution in [2.45, 2.75) is 26.3 Å². The van der Waals surface area contributed by atoms with Crippen molar-refractivity contribution in [3.8, 4) is 5.75 Å². The predicted molar refractivity (Wildman–Crippen MR) is 84.7 cm³/mol. The molecule has 0 saturated carbocycles. The number of anilines is 1. The maximum absolute atomic E-state index is 11.9. The van der Waals surface area contributed by atoms with E-state index in [9.17, 15) is 9.90 Å². The van der Waals surface area contributed by atoms with E-state index in [1.54, 1.807) is 6.07 Å². The molecule has 1 heterocycles. The smallest absolute Gasteiger partial charge is 0.234 e. The number of para-hydroxylation sites is 2. The number of carbonyl (C=O) groups is 1. The van der Waals surface area contributed by atoms with Crippen LogP contribution in [0.4, 0.5) is 5.69 Å². The Balaban J connectivity index is 1.81. The zero-order chi connectivity index (χ0) is 15.2. The van der Waals surface area contributed by atoms with Crippen molar-refractivity contribution in [3.63, 3.8) is 0 Å². The second kappa shape index (κ2) is 7.31. The van der Waals surface area contributed by atoms with E-state index < -0.39 is 0 Å². The molecule has 0 aromatic heterocycles. The number of phenols is 1. The predicted octanol–water partition coefficient (Wildman–Crippen LogP) is 1.43. The van der Waals surface area contributed by atoms with Crippen LogP contribution in [-0.2, 0) is 4.79 Å². The number of phenolic OH excluding ortho intramolecular Hbond substituents is 1. The Morgan fingerprint density at radius 2 is 1.95 bits per heavy atom. The molecule has 5 nitrogen and oxygen atoms in total. The summed E-state index contributed by atoms with van der Waals surface area (Å²) in [6.07, 6.45) is 0.951. The molecule has 0 spiro atoms. The molecule has 1 aromatic carbocycles. The molecule has 0 radical (unpaired) electrons. The zero-order valence-electron chi connectivity index (χ0n) is 12.9. The number of nitrogens with zero attached hydrogens (tertiary/aromatic N) is 2. The molecule has 0 bridgehead atoms. The van der Waals surface area contributed by atoms with Crippen LogP contribution in [0.25, 0.3) is 0 Å². The van der Waals surface area contributed by atoms with Gasteiger partial charge < -0.3 is 15.3 Å². The van der Waals surface area contributed by atoms with Crippen molar-refractivity contribution in [1.29, 1.82) is 0 Å². The molecule has 0 unspecified atom stereocenters. The van der Waals surface area contributed by atoms with E-state index >= 15 is 0 Å². The van der Waals surface area contributed by atoms with Crippen molar-refractivity contribution in [3.05, 3.63) is 24.3 Å².